The Bertz CT molecular complexity index is 1380. The largest absolute Gasteiger partial charge is 0.489 e. The Morgan fingerprint density at radius 1 is 1.05 bits per heavy atom. The van der Waals surface area contributed by atoms with E-state index in [-0.39, 0.29) is 5.41 Å². The number of nitrogens with two attached hydrogens (primary N) is 1. The van der Waals surface area contributed by atoms with Gasteiger partial charge in [-0.1, -0.05) is 57.2 Å². The van der Waals surface area contributed by atoms with E-state index in [9.17, 15) is 0 Å². The molecule has 2 aromatic carbocycles. The number of epoxide rings is 1. The van der Waals surface area contributed by atoms with Gasteiger partial charge in [0.2, 0.25) is 0 Å². The van der Waals surface area contributed by atoms with Gasteiger partial charge >= 0.3 is 0 Å². The SMILES string of the molecule is CC(C)(C)c1ccc(COc2ccc(-c3cn([C@H]4CCN(C[C@@H]5CO5)C4)c4ncnc(N)c34)cc2)cc1. The first kappa shape index (κ1) is 23.9. The number of nitrogen functional groups attached to an aromatic ring is 1. The maximum absolute atomic E-state index is 6.37. The normalized spacial score (nSPS) is 20.0. The second-order valence-corrected chi connectivity index (χ2v) is 11.3. The van der Waals surface area contributed by atoms with Crippen LogP contribution < -0.4 is 10.5 Å². The first-order valence-corrected chi connectivity index (χ1v) is 13.1. The molecule has 2 aromatic heterocycles. The number of hydrogen-bond donors (Lipinski definition) is 1. The molecule has 0 aliphatic carbocycles. The highest BCUT2D eigenvalue weighted by Crippen LogP contribution is 2.37. The quantitative estimate of drug-likeness (QED) is 0.353. The molecule has 0 unspecified atom stereocenters. The summed E-state index contributed by atoms with van der Waals surface area (Å²) in [6.45, 7) is 11.2. The molecule has 37 heavy (non-hydrogen) atoms. The Balaban J connectivity index is 1.20. The molecule has 6 rings (SSSR count). The molecule has 2 fully saturated rings. The predicted octanol–water partition coefficient (Wildman–Crippen LogP) is 5.20. The van der Waals surface area contributed by atoms with E-state index in [1.54, 1.807) is 6.33 Å². The third-order valence-corrected chi connectivity index (χ3v) is 7.53. The van der Waals surface area contributed by atoms with Crippen molar-refractivity contribution in [1.82, 2.24) is 19.4 Å². The number of hydrogen-bond acceptors (Lipinski definition) is 6. The van der Waals surface area contributed by atoms with Crippen LogP contribution in [0.15, 0.2) is 61.1 Å². The zero-order chi connectivity index (χ0) is 25.6. The minimum Gasteiger partial charge on any atom is -0.489 e. The maximum atomic E-state index is 6.37. The summed E-state index contributed by atoms with van der Waals surface area (Å²) in [7, 11) is 0. The van der Waals surface area contributed by atoms with Crippen molar-refractivity contribution < 1.29 is 9.47 Å². The van der Waals surface area contributed by atoms with Gasteiger partial charge in [0.25, 0.3) is 0 Å². The number of likely N-dealkylation sites (tertiary alicyclic amines) is 1. The van der Waals surface area contributed by atoms with Crippen molar-refractivity contribution in [3.63, 3.8) is 0 Å². The Morgan fingerprint density at radius 3 is 2.51 bits per heavy atom. The van der Waals surface area contributed by atoms with Crippen LogP contribution in [0.25, 0.3) is 22.2 Å². The molecular formula is C30H35N5O2. The van der Waals surface area contributed by atoms with Gasteiger partial charge in [-0.2, -0.15) is 0 Å². The lowest BCUT2D eigenvalue weighted by molar-refractivity contribution is 0.278. The van der Waals surface area contributed by atoms with Gasteiger partial charge in [-0.15, -0.1) is 0 Å². The summed E-state index contributed by atoms with van der Waals surface area (Å²) in [4.78, 5) is 11.4. The van der Waals surface area contributed by atoms with Gasteiger partial charge in [0.15, 0.2) is 0 Å². The van der Waals surface area contributed by atoms with E-state index < -0.39 is 0 Å². The Hall–Kier alpha value is -3.42. The lowest BCUT2D eigenvalue weighted by Crippen LogP contribution is -2.25. The molecule has 0 bridgehead atoms. The zero-order valence-electron chi connectivity index (χ0n) is 21.9. The Labute approximate surface area is 218 Å². The summed E-state index contributed by atoms with van der Waals surface area (Å²) < 4.78 is 13.8. The van der Waals surface area contributed by atoms with Crippen molar-refractivity contribution in [2.45, 2.75) is 51.4 Å². The van der Waals surface area contributed by atoms with E-state index in [0.717, 1.165) is 66.1 Å². The maximum Gasteiger partial charge on any atom is 0.146 e. The molecule has 0 spiro atoms. The molecule has 0 radical (unpaired) electrons. The summed E-state index contributed by atoms with van der Waals surface area (Å²) >= 11 is 0. The molecule has 2 N–H and O–H groups in total. The van der Waals surface area contributed by atoms with Crippen LogP contribution in [0.5, 0.6) is 5.75 Å². The fraction of sp³-hybridized carbons (Fsp3) is 0.400. The van der Waals surface area contributed by atoms with Crippen LogP contribution in [0.1, 0.15) is 44.4 Å². The van der Waals surface area contributed by atoms with Crippen molar-refractivity contribution in [1.29, 1.82) is 0 Å². The molecule has 2 aliphatic heterocycles. The summed E-state index contributed by atoms with van der Waals surface area (Å²) in [5.74, 6) is 1.35. The molecular weight excluding hydrogens is 462 g/mol. The molecule has 4 aromatic rings. The van der Waals surface area contributed by atoms with Crippen molar-refractivity contribution in [3.8, 4) is 16.9 Å². The highest BCUT2D eigenvalue weighted by molar-refractivity contribution is 6.00. The van der Waals surface area contributed by atoms with E-state index >= 15 is 0 Å². The van der Waals surface area contributed by atoms with E-state index in [4.69, 9.17) is 15.2 Å². The topological polar surface area (TPSA) is 81.7 Å². The van der Waals surface area contributed by atoms with Crippen LogP contribution in [0.4, 0.5) is 5.82 Å². The Morgan fingerprint density at radius 2 is 1.81 bits per heavy atom. The number of fused-ring (bicyclic) bond motifs is 1. The number of rotatable bonds is 7. The average Bonchev–Trinajstić information content (AvgIpc) is 3.43. The highest BCUT2D eigenvalue weighted by Gasteiger charge is 2.32. The molecule has 2 aliphatic rings. The minimum atomic E-state index is 0.148. The minimum absolute atomic E-state index is 0.148. The van der Waals surface area contributed by atoms with Crippen molar-refractivity contribution >= 4 is 16.9 Å². The fourth-order valence-corrected chi connectivity index (χ4v) is 5.27. The van der Waals surface area contributed by atoms with E-state index in [0.29, 0.717) is 24.6 Å². The van der Waals surface area contributed by atoms with Crippen LogP contribution >= 0.6 is 0 Å². The third-order valence-electron chi connectivity index (χ3n) is 7.53. The van der Waals surface area contributed by atoms with Crippen molar-refractivity contribution in [2.24, 2.45) is 0 Å². The first-order chi connectivity index (χ1) is 17.8. The molecule has 2 atom stereocenters. The Kier molecular flexibility index (Phi) is 6.13. The van der Waals surface area contributed by atoms with Gasteiger partial charge < -0.3 is 19.8 Å². The van der Waals surface area contributed by atoms with Crippen LogP contribution in [0.2, 0.25) is 0 Å². The predicted molar refractivity (Wildman–Crippen MR) is 147 cm³/mol. The molecule has 4 heterocycles. The second-order valence-electron chi connectivity index (χ2n) is 11.3. The molecule has 0 saturated carbocycles. The van der Waals surface area contributed by atoms with Crippen molar-refractivity contribution in [3.05, 3.63) is 72.2 Å². The molecule has 2 saturated heterocycles. The monoisotopic (exact) mass is 497 g/mol. The smallest absolute Gasteiger partial charge is 0.146 e. The first-order valence-electron chi connectivity index (χ1n) is 13.1. The van der Waals surface area contributed by atoms with E-state index in [1.165, 1.54) is 5.56 Å². The van der Waals surface area contributed by atoms with Gasteiger partial charge in [0.1, 0.15) is 30.1 Å². The molecule has 192 valence electrons. The number of nitrogens with zero attached hydrogens (tertiary/aromatic N) is 4. The highest BCUT2D eigenvalue weighted by atomic mass is 16.6. The summed E-state index contributed by atoms with van der Waals surface area (Å²) in [5.41, 5.74) is 12.0. The number of ether oxygens (including phenoxy) is 2. The number of anilines is 1. The lowest BCUT2D eigenvalue weighted by Gasteiger charge is -2.19. The standard InChI is InChI=1S/C30H35N5O2/c1-30(2,3)22-8-4-20(5-9-22)17-36-24-10-6-21(7-11-24)26-16-35(29-27(26)28(31)32-19-33-29)23-12-13-34(14-23)15-25-18-37-25/h4-11,16,19,23,25H,12-15,17-18H2,1-3H3,(H2,31,32,33)/t23-,25+/m0/s1. The second kappa shape index (κ2) is 9.47. The fourth-order valence-electron chi connectivity index (χ4n) is 5.27. The van der Waals surface area contributed by atoms with E-state index in [2.05, 4.69) is 82.8 Å². The van der Waals surface area contributed by atoms with Gasteiger partial charge in [0, 0.05) is 37.4 Å². The van der Waals surface area contributed by atoms with Crippen molar-refractivity contribution in [2.75, 3.05) is 32.0 Å². The lowest BCUT2D eigenvalue weighted by atomic mass is 9.87. The third kappa shape index (κ3) is 5.06. The number of benzene rings is 2. The van der Waals surface area contributed by atoms with Crippen LogP contribution in [-0.4, -0.2) is 51.8 Å². The molecule has 0 amide bonds. The summed E-state index contributed by atoms with van der Waals surface area (Å²) in [6.07, 6.45) is 5.26. The van der Waals surface area contributed by atoms with Gasteiger partial charge in [-0.25, -0.2) is 9.97 Å². The average molecular weight is 498 g/mol. The summed E-state index contributed by atoms with van der Waals surface area (Å²) in [6, 6.07) is 17.3. The summed E-state index contributed by atoms with van der Waals surface area (Å²) in [5, 5.41) is 0.916. The van der Waals surface area contributed by atoms with Gasteiger partial charge in [0.05, 0.1) is 18.1 Å². The molecule has 7 heteroatoms. The van der Waals surface area contributed by atoms with Crippen LogP contribution in [0, 0.1) is 0 Å². The van der Waals surface area contributed by atoms with Gasteiger partial charge in [-0.05, 0) is 40.7 Å². The van der Waals surface area contributed by atoms with Crippen LogP contribution in [-0.2, 0) is 16.8 Å². The van der Waals surface area contributed by atoms with Gasteiger partial charge in [-0.3, -0.25) is 4.90 Å². The molecule has 7 nitrogen and oxygen atoms in total. The number of aromatic nitrogens is 3. The van der Waals surface area contributed by atoms with E-state index in [1.807, 2.05) is 12.1 Å². The van der Waals surface area contributed by atoms with Crippen LogP contribution in [0.3, 0.4) is 0 Å². The zero-order valence-corrected chi connectivity index (χ0v) is 21.9.